The van der Waals surface area contributed by atoms with Crippen molar-refractivity contribution >= 4 is 11.8 Å². The molecule has 5 nitrogen and oxygen atoms in total. The van der Waals surface area contributed by atoms with E-state index in [9.17, 15) is 22.4 Å². The van der Waals surface area contributed by atoms with Gasteiger partial charge in [0, 0.05) is 24.6 Å². The maximum Gasteiger partial charge on any atom is 0.416 e. The second-order valence-electron chi connectivity index (χ2n) is 5.22. The number of oxime groups is 1. The van der Waals surface area contributed by atoms with Crippen molar-refractivity contribution < 1.29 is 32.7 Å². The Morgan fingerprint density at radius 3 is 2.35 bits per heavy atom. The SMILES string of the molecule is O=C(O)N1CCC(C(=NO)c2cc(C(F)(F)F)ccc2F)CC1. The molecule has 1 aromatic rings. The van der Waals surface area contributed by atoms with Crippen LogP contribution in [0.4, 0.5) is 22.4 Å². The van der Waals surface area contributed by atoms with E-state index in [1.54, 1.807) is 0 Å². The molecule has 0 unspecified atom stereocenters. The van der Waals surface area contributed by atoms with E-state index in [1.807, 2.05) is 0 Å². The zero-order valence-electron chi connectivity index (χ0n) is 11.8. The normalized spacial score (nSPS) is 17.4. The molecule has 9 heteroatoms. The molecule has 1 aromatic carbocycles. The van der Waals surface area contributed by atoms with Gasteiger partial charge < -0.3 is 15.2 Å². The number of piperidine rings is 1. The van der Waals surface area contributed by atoms with Crippen LogP contribution in [0.5, 0.6) is 0 Å². The summed E-state index contributed by atoms with van der Waals surface area (Å²) < 4.78 is 52.1. The zero-order valence-corrected chi connectivity index (χ0v) is 11.8. The van der Waals surface area contributed by atoms with E-state index in [0.717, 1.165) is 4.90 Å². The minimum absolute atomic E-state index is 0.138. The van der Waals surface area contributed by atoms with Gasteiger partial charge in [0.2, 0.25) is 0 Å². The molecule has 0 bridgehead atoms. The van der Waals surface area contributed by atoms with Crippen LogP contribution in [0.2, 0.25) is 0 Å². The van der Waals surface area contributed by atoms with Crippen molar-refractivity contribution in [1.82, 2.24) is 4.90 Å². The number of hydrogen-bond acceptors (Lipinski definition) is 3. The minimum Gasteiger partial charge on any atom is -0.465 e. The van der Waals surface area contributed by atoms with Crippen molar-refractivity contribution in [2.45, 2.75) is 19.0 Å². The fraction of sp³-hybridized carbons (Fsp3) is 0.429. The summed E-state index contributed by atoms with van der Waals surface area (Å²) >= 11 is 0. The van der Waals surface area contributed by atoms with Gasteiger partial charge >= 0.3 is 12.3 Å². The highest BCUT2D eigenvalue weighted by Crippen LogP contribution is 2.32. The molecule has 0 atom stereocenters. The van der Waals surface area contributed by atoms with Crippen LogP contribution in [-0.4, -0.2) is 40.1 Å². The van der Waals surface area contributed by atoms with E-state index in [2.05, 4.69) is 5.16 Å². The van der Waals surface area contributed by atoms with Gasteiger partial charge in [-0.2, -0.15) is 13.2 Å². The molecule has 1 aliphatic rings. The van der Waals surface area contributed by atoms with Crippen LogP contribution in [0.3, 0.4) is 0 Å². The largest absolute Gasteiger partial charge is 0.465 e. The lowest BCUT2D eigenvalue weighted by Gasteiger charge is -2.30. The fourth-order valence-electron chi connectivity index (χ4n) is 2.60. The lowest BCUT2D eigenvalue weighted by atomic mass is 9.87. The smallest absolute Gasteiger partial charge is 0.416 e. The number of nitrogens with zero attached hydrogens (tertiary/aromatic N) is 2. The number of carbonyl (C=O) groups is 1. The van der Waals surface area contributed by atoms with Gasteiger partial charge in [0.05, 0.1) is 11.3 Å². The standard InChI is InChI=1S/C14H14F4N2O3/c15-11-2-1-9(14(16,17)18)7-10(11)12(19-23)8-3-5-20(6-4-8)13(21)22/h1-2,7-8,23H,3-6H2,(H,21,22). The Hall–Kier alpha value is -2.32. The first-order valence-corrected chi connectivity index (χ1v) is 6.81. The van der Waals surface area contributed by atoms with Crippen molar-refractivity contribution in [3.63, 3.8) is 0 Å². The monoisotopic (exact) mass is 334 g/mol. The average Bonchev–Trinajstić information content (AvgIpc) is 2.49. The van der Waals surface area contributed by atoms with Crippen LogP contribution in [-0.2, 0) is 6.18 Å². The molecule has 1 amide bonds. The maximum absolute atomic E-state index is 13.9. The number of benzene rings is 1. The Bertz CT molecular complexity index is 623. The second-order valence-corrected chi connectivity index (χ2v) is 5.22. The van der Waals surface area contributed by atoms with Crippen LogP contribution in [0, 0.1) is 11.7 Å². The predicted molar refractivity (Wildman–Crippen MR) is 72.0 cm³/mol. The van der Waals surface area contributed by atoms with Crippen LogP contribution in [0.1, 0.15) is 24.0 Å². The number of rotatable bonds is 2. The molecule has 23 heavy (non-hydrogen) atoms. The highest BCUT2D eigenvalue weighted by Gasteiger charge is 2.33. The third kappa shape index (κ3) is 3.72. The third-order valence-corrected chi connectivity index (χ3v) is 3.83. The van der Waals surface area contributed by atoms with Gasteiger partial charge in [-0.05, 0) is 31.0 Å². The van der Waals surface area contributed by atoms with Crippen LogP contribution in [0.15, 0.2) is 23.4 Å². The number of amides is 1. The molecular formula is C14H14F4N2O3. The summed E-state index contributed by atoms with van der Waals surface area (Å²) in [5.41, 5.74) is -1.66. The highest BCUT2D eigenvalue weighted by molar-refractivity contribution is 6.02. The van der Waals surface area contributed by atoms with Crippen LogP contribution in [0.25, 0.3) is 0 Å². The second kappa shape index (κ2) is 6.43. The number of likely N-dealkylation sites (tertiary alicyclic amines) is 1. The van der Waals surface area contributed by atoms with Gasteiger partial charge in [-0.25, -0.2) is 9.18 Å². The molecule has 1 fully saturated rings. The molecule has 0 saturated carbocycles. The topological polar surface area (TPSA) is 73.1 Å². The van der Waals surface area contributed by atoms with Gasteiger partial charge in [-0.1, -0.05) is 5.16 Å². The first-order valence-electron chi connectivity index (χ1n) is 6.81. The quantitative estimate of drug-likeness (QED) is 0.377. The van der Waals surface area contributed by atoms with E-state index >= 15 is 0 Å². The van der Waals surface area contributed by atoms with Gasteiger partial charge in [0.15, 0.2) is 0 Å². The zero-order chi connectivity index (χ0) is 17.2. The van der Waals surface area contributed by atoms with E-state index in [4.69, 9.17) is 10.3 Å². The van der Waals surface area contributed by atoms with E-state index in [0.29, 0.717) is 18.2 Å². The third-order valence-electron chi connectivity index (χ3n) is 3.83. The van der Waals surface area contributed by atoms with Crippen molar-refractivity contribution in [2.24, 2.45) is 11.1 Å². The molecule has 1 heterocycles. The number of carboxylic acid groups (broad SMARTS) is 1. The van der Waals surface area contributed by atoms with E-state index in [-0.39, 0.29) is 31.6 Å². The van der Waals surface area contributed by atoms with Gasteiger partial charge in [0.1, 0.15) is 5.82 Å². The number of hydrogen-bond donors (Lipinski definition) is 2. The molecule has 126 valence electrons. The summed E-state index contributed by atoms with van der Waals surface area (Å²) in [5.74, 6) is -1.44. The predicted octanol–water partition coefficient (Wildman–Crippen LogP) is 3.41. The van der Waals surface area contributed by atoms with Gasteiger partial charge in [-0.15, -0.1) is 0 Å². The lowest BCUT2D eigenvalue weighted by Crippen LogP contribution is -2.39. The molecule has 2 N–H and O–H groups in total. The maximum atomic E-state index is 13.9. The summed E-state index contributed by atoms with van der Waals surface area (Å²) in [5, 5.41) is 21.0. The Morgan fingerprint density at radius 2 is 1.87 bits per heavy atom. The molecule has 0 radical (unpaired) electrons. The molecule has 0 spiro atoms. The average molecular weight is 334 g/mol. The Morgan fingerprint density at radius 1 is 1.26 bits per heavy atom. The molecule has 1 aliphatic heterocycles. The summed E-state index contributed by atoms with van der Waals surface area (Å²) in [6.45, 7) is 0.277. The van der Waals surface area contributed by atoms with Crippen molar-refractivity contribution in [1.29, 1.82) is 0 Å². The van der Waals surface area contributed by atoms with Crippen LogP contribution >= 0.6 is 0 Å². The number of alkyl halides is 3. The van der Waals surface area contributed by atoms with Crippen molar-refractivity contribution in [3.05, 3.63) is 35.1 Å². The van der Waals surface area contributed by atoms with Crippen molar-refractivity contribution in [3.8, 4) is 0 Å². The van der Waals surface area contributed by atoms with E-state index < -0.39 is 35.1 Å². The van der Waals surface area contributed by atoms with Crippen molar-refractivity contribution in [2.75, 3.05) is 13.1 Å². The Balaban J connectivity index is 2.27. The first kappa shape index (κ1) is 17.0. The fourth-order valence-corrected chi connectivity index (χ4v) is 2.60. The molecule has 2 rings (SSSR count). The lowest BCUT2D eigenvalue weighted by molar-refractivity contribution is -0.137. The highest BCUT2D eigenvalue weighted by atomic mass is 19.4. The first-order chi connectivity index (χ1) is 10.7. The van der Waals surface area contributed by atoms with Gasteiger partial charge in [-0.3, -0.25) is 0 Å². The molecule has 0 aromatic heterocycles. The van der Waals surface area contributed by atoms with E-state index in [1.165, 1.54) is 0 Å². The summed E-state index contributed by atoms with van der Waals surface area (Å²) in [4.78, 5) is 12.0. The summed E-state index contributed by atoms with van der Waals surface area (Å²) in [7, 11) is 0. The van der Waals surface area contributed by atoms with Gasteiger partial charge in [0.25, 0.3) is 0 Å². The Kier molecular flexibility index (Phi) is 4.76. The molecule has 1 saturated heterocycles. The summed E-state index contributed by atoms with van der Waals surface area (Å²) in [6, 6.07) is 1.89. The summed E-state index contributed by atoms with van der Waals surface area (Å²) in [6.07, 6.45) is -5.27. The minimum atomic E-state index is -4.64. The molecular weight excluding hydrogens is 320 g/mol. The van der Waals surface area contributed by atoms with Crippen LogP contribution < -0.4 is 0 Å². The Labute approximate surface area is 128 Å². The number of halogens is 4. The molecule has 0 aliphatic carbocycles.